The van der Waals surface area contributed by atoms with Crippen LogP contribution in [-0.4, -0.2) is 70.2 Å². The zero-order valence-electron chi connectivity index (χ0n) is 14.7. The Balaban J connectivity index is 1.57. The second-order valence-corrected chi connectivity index (χ2v) is 7.60. The fourth-order valence-corrected chi connectivity index (χ4v) is 3.43. The highest BCUT2D eigenvalue weighted by Crippen LogP contribution is 2.30. The van der Waals surface area contributed by atoms with Gasteiger partial charge in [-0.05, 0) is 12.3 Å². The summed E-state index contributed by atoms with van der Waals surface area (Å²) in [6.07, 6.45) is 0.0698. The number of carbonyl (C=O) groups is 1. The van der Waals surface area contributed by atoms with E-state index in [-0.39, 0.29) is 50.1 Å². The number of nitrogens with zero attached hydrogens (tertiary/aromatic N) is 3. The van der Waals surface area contributed by atoms with Gasteiger partial charge in [-0.1, -0.05) is 19.0 Å². The lowest BCUT2D eigenvalue weighted by Gasteiger charge is -2.36. The average molecular weight is 357 g/mol. The molecule has 0 spiro atoms. The molecule has 2 aliphatic rings. The van der Waals surface area contributed by atoms with E-state index >= 15 is 0 Å². The predicted octanol–water partition coefficient (Wildman–Crippen LogP) is 2.11. The van der Waals surface area contributed by atoms with E-state index in [0.717, 1.165) is 0 Å². The van der Waals surface area contributed by atoms with Crippen LogP contribution < -0.4 is 0 Å². The van der Waals surface area contributed by atoms with Gasteiger partial charge >= 0.3 is 0 Å². The van der Waals surface area contributed by atoms with Gasteiger partial charge in [-0.15, -0.1) is 0 Å². The maximum Gasteiger partial charge on any atom is 0.292 e. The van der Waals surface area contributed by atoms with Crippen LogP contribution >= 0.6 is 0 Å². The summed E-state index contributed by atoms with van der Waals surface area (Å²) in [5.41, 5.74) is -0.351. The van der Waals surface area contributed by atoms with Crippen LogP contribution in [0.25, 0.3) is 0 Å². The van der Waals surface area contributed by atoms with Crippen LogP contribution in [0, 0.1) is 0 Å². The third-order valence-electron chi connectivity index (χ3n) is 5.06. The SMILES string of the molecule is CC(C)c1cc(C(=O)N2CC[C@](O)(CN3CCC(F)(F)CC3)C2)on1. The molecule has 25 heavy (non-hydrogen) atoms. The normalized spacial score (nSPS) is 27.2. The molecule has 1 atom stereocenters. The van der Waals surface area contributed by atoms with Crippen molar-refractivity contribution in [3.63, 3.8) is 0 Å². The van der Waals surface area contributed by atoms with Gasteiger partial charge in [-0.3, -0.25) is 9.69 Å². The minimum Gasteiger partial charge on any atom is -0.387 e. The lowest BCUT2D eigenvalue weighted by Crippen LogP contribution is -2.49. The number of rotatable bonds is 4. The monoisotopic (exact) mass is 357 g/mol. The Morgan fingerprint density at radius 1 is 1.32 bits per heavy atom. The lowest BCUT2D eigenvalue weighted by atomic mass is 10.00. The standard InChI is InChI=1S/C17H25F2N3O3/c1-12(2)13-9-14(25-20-13)15(23)22-8-3-16(24,11-22)10-21-6-4-17(18,19)5-7-21/h9,12,24H,3-8,10-11H2,1-2H3/t16-/m0/s1. The highest BCUT2D eigenvalue weighted by Gasteiger charge is 2.42. The number of alkyl halides is 2. The number of aromatic nitrogens is 1. The number of carbonyl (C=O) groups excluding carboxylic acids is 1. The number of amides is 1. The maximum absolute atomic E-state index is 13.2. The molecule has 1 aromatic heterocycles. The summed E-state index contributed by atoms with van der Waals surface area (Å²) in [5.74, 6) is -2.55. The fourth-order valence-electron chi connectivity index (χ4n) is 3.43. The second kappa shape index (κ2) is 6.64. The molecule has 0 aliphatic carbocycles. The molecule has 0 bridgehead atoms. The van der Waals surface area contributed by atoms with Gasteiger partial charge in [0.1, 0.15) is 0 Å². The Bertz CT molecular complexity index is 624. The van der Waals surface area contributed by atoms with Gasteiger partial charge in [0.2, 0.25) is 5.76 Å². The van der Waals surface area contributed by atoms with Gasteiger partial charge < -0.3 is 14.5 Å². The molecule has 3 heterocycles. The molecule has 1 N–H and O–H groups in total. The summed E-state index contributed by atoms with van der Waals surface area (Å²) in [7, 11) is 0. The fraction of sp³-hybridized carbons (Fsp3) is 0.765. The number of β-amino-alcohol motifs (C(OH)–C–C–N with tert-alkyl or cyclic N) is 1. The van der Waals surface area contributed by atoms with Crippen molar-refractivity contribution in [2.45, 2.75) is 50.6 Å². The van der Waals surface area contributed by atoms with Crippen LogP contribution in [-0.2, 0) is 0 Å². The average Bonchev–Trinajstić information content (AvgIpc) is 3.16. The summed E-state index contributed by atoms with van der Waals surface area (Å²) in [5, 5.41) is 14.7. The van der Waals surface area contributed by atoms with Gasteiger partial charge in [0, 0.05) is 45.1 Å². The van der Waals surface area contributed by atoms with Gasteiger partial charge in [-0.2, -0.15) is 0 Å². The first-order valence-corrected chi connectivity index (χ1v) is 8.76. The minimum atomic E-state index is -2.60. The van der Waals surface area contributed by atoms with Crippen LogP contribution in [0.3, 0.4) is 0 Å². The van der Waals surface area contributed by atoms with Crippen LogP contribution in [0.2, 0.25) is 0 Å². The number of hydrogen-bond acceptors (Lipinski definition) is 5. The zero-order chi connectivity index (χ0) is 18.2. The summed E-state index contributed by atoms with van der Waals surface area (Å²) >= 11 is 0. The highest BCUT2D eigenvalue weighted by molar-refractivity contribution is 5.91. The molecule has 6 nitrogen and oxygen atoms in total. The molecule has 0 unspecified atom stereocenters. The van der Waals surface area contributed by atoms with E-state index in [1.54, 1.807) is 11.0 Å². The number of piperidine rings is 1. The van der Waals surface area contributed by atoms with Crippen molar-refractivity contribution in [3.05, 3.63) is 17.5 Å². The molecule has 8 heteroatoms. The molecular weight excluding hydrogens is 332 g/mol. The molecule has 2 fully saturated rings. The summed E-state index contributed by atoms with van der Waals surface area (Å²) < 4.78 is 31.6. The quantitative estimate of drug-likeness (QED) is 0.894. The lowest BCUT2D eigenvalue weighted by molar-refractivity contribution is -0.0720. The van der Waals surface area contributed by atoms with E-state index in [9.17, 15) is 18.7 Å². The second-order valence-electron chi connectivity index (χ2n) is 7.60. The van der Waals surface area contributed by atoms with E-state index in [0.29, 0.717) is 25.2 Å². The van der Waals surface area contributed by atoms with Crippen molar-refractivity contribution in [1.82, 2.24) is 15.0 Å². The van der Waals surface area contributed by atoms with Crippen molar-refractivity contribution in [3.8, 4) is 0 Å². The van der Waals surface area contributed by atoms with E-state index in [1.165, 1.54) is 0 Å². The Kier molecular flexibility index (Phi) is 4.85. The molecule has 0 aromatic carbocycles. The molecular formula is C17H25F2N3O3. The number of hydrogen-bond donors (Lipinski definition) is 1. The zero-order valence-corrected chi connectivity index (χ0v) is 14.7. The molecule has 140 valence electrons. The molecule has 3 rings (SSSR count). The van der Waals surface area contributed by atoms with Crippen LogP contribution in [0.1, 0.15) is 55.3 Å². The maximum atomic E-state index is 13.2. The molecule has 0 radical (unpaired) electrons. The Morgan fingerprint density at radius 2 is 2.00 bits per heavy atom. The van der Waals surface area contributed by atoms with E-state index in [1.807, 2.05) is 18.7 Å². The van der Waals surface area contributed by atoms with Crippen molar-refractivity contribution < 1.29 is 23.2 Å². The molecule has 0 saturated carbocycles. The first kappa shape index (κ1) is 18.3. The first-order chi connectivity index (χ1) is 11.7. The third kappa shape index (κ3) is 4.17. The minimum absolute atomic E-state index is 0.165. The van der Waals surface area contributed by atoms with Crippen LogP contribution in [0.4, 0.5) is 8.78 Å². The topological polar surface area (TPSA) is 69.8 Å². The molecule has 2 saturated heterocycles. The first-order valence-electron chi connectivity index (χ1n) is 8.76. The molecule has 1 aromatic rings. The van der Waals surface area contributed by atoms with Crippen LogP contribution in [0.5, 0.6) is 0 Å². The highest BCUT2D eigenvalue weighted by atomic mass is 19.3. The third-order valence-corrected chi connectivity index (χ3v) is 5.06. The van der Waals surface area contributed by atoms with Crippen molar-refractivity contribution in [2.75, 3.05) is 32.7 Å². The predicted molar refractivity (Wildman–Crippen MR) is 86.7 cm³/mol. The van der Waals surface area contributed by atoms with Gasteiger partial charge in [0.05, 0.1) is 17.8 Å². The Labute approximate surface area is 145 Å². The summed E-state index contributed by atoms with van der Waals surface area (Å²) in [4.78, 5) is 15.9. The van der Waals surface area contributed by atoms with Crippen LogP contribution in [0.15, 0.2) is 10.6 Å². The summed E-state index contributed by atoms with van der Waals surface area (Å²) in [6.45, 7) is 5.35. The van der Waals surface area contributed by atoms with Crippen molar-refractivity contribution in [1.29, 1.82) is 0 Å². The summed E-state index contributed by atoms with van der Waals surface area (Å²) in [6, 6.07) is 1.64. The van der Waals surface area contributed by atoms with Gasteiger partial charge in [0.15, 0.2) is 0 Å². The molecule has 1 amide bonds. The smallest absolute Gasteiger partial charge is 0.292 e. The van der Waals surface area contributed by atoms with E-state index < -0.39 is 11.5 Å². The number of halogens is 2. The van der Waals surface area contributed by atoms with Gasteiger partial charge in [0.25, 0.3) is 11.8 Å². The van der Waals surface area contributed by atoms with Crippen molar-refractivity contribution in [2.24, 2.45) is 0 Å². The van der Waals surface area contributed by atoms with Crippen molar-refractivity contribution >= 4 is 5.91 Å². The largest absolute Gasteiger partial charge is 0.387 e. The Morgan fingerprint density at radius 3 is 2.60 bits per heavy atom. The molecule has 2 aliphatic heterocycles. The van der Waals surface area contributed by atoms with E-state index in [2.05, 4.69) is 5.16 Å². The number of aliphatic hydroxyl groups is 1. The Hall–Kier alpha value is -1.54. The van der Waals surface area contributed by atoms with E-state index in [4.69, 9.17) is 4.52 Å². The van der Waals surface area contributed by atoms with Gasteiger partial charge in [-0.25, -0.2) is 8.78 Å². The number of likely N-dealkylation sites (tertiary alicyclic amines) is 2.